The maximum Gasteiger partial charge on any atom is 0.251 e. The third-order valence-corrected chi connectivity index (χ3v) is 3.13. The van der Waals surface area contributed by atoms with Gasteiger partial charge in [-0.2, -0.15) is 0 Å². The van der Waals surface area contributed by atoms with Crippen LogP contribution in [0, 0.1) is 6.92 Å². The molecule has 18 heavy (non-hydrogen) atoms. The van der Waals surface area contributed by atoms with Crippen LogP contribution >= 0.6 is 0 Å². The monoisotopic (exact) mass is 248 g/mol. The van der Waals surface area contributed by atoms with Gasteiger partial charge in [-0.1, -0.05) is 6.07 Å². The molecule has 4 heteroatoms. The molecule has 1 aliphatic rings. The predicted octanol–water partition coefficient (Wildman–Crippen LogP) is 1.95. The van der Waals surface area contributed by atoms with Crippen LogP contribution < -0.4 is 10.6 Å². The van der Waals surface area contributed by atoms with E-state index in [1.54, 1.807) is 0 Å². The first kappa shape index (κ1) is 12.9. The van der Waals surface area contributed by atoms with Gasteiger partial charge >= 0.3 is 0 Å². The van der Waals surface area contributed by atoms with Crippen molar-refractivity contribution in [3.63, 3.8) is 0 Å². The number of carbonyl (C=O) groups excluding carboxylic acids is 1. The van der Waals surface area contributed by atoms with Gasteiger partial charge in [-0.25, -0.2) is 0 Å². The van der Waals surface area contributed by atoms with Crippen molar-refractivity contribution >= 4 is 11.6 Å². The minimum absolute atomic E-state index is 0.0248. The number of hydrogen-bond acceptors (Lipinski definition) is 3. The Kier molecular flexibility index (Phi) is 4.20. The Hall–Kier alpha value is -1.55. The topological polar surface area (TPSA) is 50.4 Å². The average molecular weight is 248 g/mol. The lowest BCUT2D eigenvalue weighted by Crippen LogP contribution is -2.23. The minimum Gasteiger partial charge on any atom is -0.380 e. The number of hydrogen-bond donors (Lipinski definition) is 2. The number of rotatable bonds is 4. The summed E-state index contributed by atoms with van der Waals surface area (Å²) in [7, 11) is 0. The second-order valence-corrected chi connectivity index (χ2v) is 4.59. The maximum absolute atomic E-state index is 11.8. The number of amides is 1. The normalized spacial score (nSPS) is 18.7. The summed E-state index contributed by atoms with van der Waals surface area (Å²) >= 11 is 0. The molecule has 1 atom stereocenters. The lowest BCUT2D eigenvalue weighted by Gasteiger charge is -2.15. The third-order valence-electron chi connectivity index (χ3n) is 3.13. The molecule has 1 aliphatic heterocycles. The van der Waals surface area contributed by atoms with E-state index in [9.17, 15) is 4.79 Å². The van der Waals surface area contributed by atoms with Crippen LogP contribution in [0.5, 0.6) is 0 Å². The molecule has 0 saturated carbocycles. The van der Waals surface area contributed by atoms with Crippen molar-refractivity contribution in [3.05, 3.63) is 29.3 Å². The van der Waals surface area contributed by atoms with Crippen molar-refractivity contribution in [3.8, 4) is 0 Å². The molecule has 1 aromatic rings. The van der Waals surface area contributed by atoms with Crippen molar-refractivity contribution in [1.29, 1.82) is 0 Å². The van der Waals surface area contributed by atoms with Crippen LogP contribution in [0.4, 0.5) is 5.69 Å². The molecule has 4 nitrogen and oxygen atoms in total. The van der Waals surface area contributed by atoms with Crippen molar-refractivity contribution in [2.75, 3.05) is 25.1 Å². The first-order valence-corrected chi connectivity index (χ1v) is 6.44. The second kappa shape index (κ2) is 5.87. The smallest absolute Gasteiger partial charge is 0.251 e. The molecular weight excluding hydrogens is 228 g/mol. The van der Waals surface area contributed by atoms with Crippen LogP contribution in [-0.2, 0) is 4.74 Å². The van der Waals surface area contributed by atoms with Crippen molar-refractivity contribution in [1.82, 2.24) is 5.32 Å². The fraction of sp³-hybridized carbons (Fsp3) is 0.500. The molecule has 0 bridgehead atoms. The Labute approximate surface area is 108 Å². The summed E-state index contributed by atoms with van der Waals surface area (Å²) in [6.07, 6.45) is 1.02. The Balaban J connectivity index is 2.12. The molecule has 0 aromatic heterocycles. The van der Waals surface area contributed by atoms with Gasteiger partial charge in [0.1, 0.15) is 0 Å². The van der Waals surface area contributed by atoms with E-state index in [1.165, 1.54) is 0 Å². The number of nitrogens with one attached hydrogen (secondary N) is 2. The Bertz CT molecular complexity index is 426. The van der Waals surface area contributed by atoms with E-state index >= 15 is 0 Å². The summed E-state index contributed by atoms with van der Waals surface area (Å²) < 4.78 is 5.34. The summed E-state index contributed by atoms with van der Waals surface area (Å²) in [5.41, 5.74) is 2.87. The molecule has 0 radical (unpaired) electrons. The summed E-state index contributed by atoms with van der Waals surface area (Å²) in [6, 6.07) is 6.10. The minimum atomic E-state index is -0.0248. The molecule has 0 aliphatic carbocycles. The fourth-order valence-corrected chi connectivity index (χ4v) is 2.05. The van der Waals surface area contributed by atoms with Gasteiger partial charge in [-0.05, 0) is 38.0 Å². The highest BCUT2D eigenvalue weighted by Crippen LogP contribution is 2.20. The number of carbonyl (C=O) groups is 1. The van der Waals surface area contributed by atoms with Crippen LogP contribution in [0.2, 0.25) is 0 Å². The van der Waals surface area contributed by atoms with E-state index in [2.05, 4.69) is 10.6 Å². The predicted molar refractivity (Wildman–Crippen MR) is 72.0 cm³/mol. The van der Waals surface area contributed by atoms with Gasteiger partial charge in [0.25, 0.3) is 5.91 Å². The average Bonchev–Trinajstić information content (AvgIpc) is 2.85. The molecule has 98 valence electrons. The molecule has 1 heterocycles. The number of aryl methyl sites for hydroxylation is 1. The van der Waals surface area contributed by atoms with Gasteiger partial charge in [0.15, 0.2) is 0 Å². The van der Waals surface area contributed by atoms with Crippen LogP contribution in [0.3, 0.4) is 0 Å². The number of ether oxygens (including phenoxy) is 1. The fourth-order valence-electron chi connectivity index (χ4n) is 2.05. The molecule has 2 rings (SSSR count). The first-order valence-electron chi connectivity index (χ1n) is 6.44. The van der Waals surface area contributed by atoms with Crippen LogP contribution in [0.25, 0.3) is 0 Å². The van der Waals surface area contributed by atoms with Crippen molar-refractivity contribution in [2.45, 2.75) is 26.3 Å². The van der Waals surface area contributed by atoms with E-state index in [4.69, 9.17) is 4.74 Å². The van der Waals surface area contributed by atoms with E-state index in [0.29, 0.717) is 18.2 Å². The highest BCUT2D eigenvalue weighted by atomic mass is 16.5. The van der Waals surface area contributed by atoms with E-state index in [-0.39, 0.29) is 5.91 Å². The Morgan fingerprint density at radius 2 is 2.33 bits per heavy atom. The summed E-state index contributed by atoms with van der Waals surface area (Å²) in [5, 5.41) is 6.25. The van der Waals surface area contributed by atoms with Gasteiger partial charge in [-0.3, -0.25) is 4.79 Å². The first-order chi connectivity index (χ1) is 8.70. The highest BCUT2D eigenvalue weighted by molar-refractivity contribution is 5.95. The zero-order valence-corrected chi connectivity index (χ0v) is 11.0. The molecule has 1 unspecified atom stereocenters. The molecule has 1 saturated heterocycles. The quantitative estimate of drug-likeness (QED) is 0.856. The summed E-state index contributed by atoms with van der Waals surface area (Å²) in [5.74, 6) is -0.0248. The van der Waals surface area contributed by atoms with Gasteiger partial charge in [0.05, 0.1) is 12.6 Å². The van der Waals surface area contributed by atoms with Gasteiger partial charge in [0, 0.05) is 24.4 Å². The van der Waals surface area contributed by atoms with Gasteiger partial charge < -0.3 is 15.4 Å². The van der Waals surface area contributed by atoms with Crippen LogP contribution in [0.15, 0.2) is 18.2 Å². The summed E-state index contributed by atoms with van der Waals surface area (Å²) in [6.45, 7) is 6.16. The van der Waals surface area contributed by atoms with E-state index in [1.807, 2.05) is 32.0 Å². The molecule has 2 N–H and O–H groups in total. The standard InChI is InChI=1S/C14H20N2O2/c1-3-15-14(17)11-5-4-10(2)13(8-11)16-12-6-7-18-9-12/h4-5,8,12,16H,3,6-7,9H2,1-2H3,(H,15,17). The highest BCUT2D eigenvalue weighted by Gasteiger charge is 2.16. The van der Waals surface area contributed by atoms with Crippen LogP contribution in [-0.4, -0.2) is 31.7 Å². The largest absolute Gasteiger partial charge is 0.380 e. The third kappa shape index (κ3) is 3.01. The lowest BCUT2D eigenvalue weighted by molar-refractivity contribution is 0.0956. The zero-order valence-electron chi connectivity index (χ0n) is 11.0. The maximum atomic E-state index is 11.8. The molecule has 0 spiro atoms. The van der Waals surface area contributed by atoms with Crippen molar-refractivity contribution < 1.29 is 9.53 Å². The summed E-state index contributed by atoms with van der Waals surface area (Å²) in [4.78, 5) is 11.8. The van der Waals surface area contributed by atoms with Crippen molar-refractivity contribution in [2.24, 2.45) is 0 Å². The zero-order chi connectivity index (χ0) is 13.0. The Morgan fingerprint density at radius 1 is 1.50 bits per heavy atom. The Morgan fingerprint density at radius 3 is 3.00 bits per heavy atom. The second-order valence-electron chi connectivity index (χ2n) is 4.59. The number of anilines is 1. The molecular formula is C14H20N2O2. The SMILES string of the molecule is CCNC(=O)c1ccc(C)c(NC2CCOC2)c1. The molecule has 1 amide bonds. The van der Waals surface area contributed by atoms with Gasteiger partial charge in [-0.15, -0.1) is 0 Å². The molecule has 1 fully saturated rings. The van der Waals surface area contributed by atoms with E-state index < -0.39 is 0 Å². The lowest BCUT2D eigenvalue weighted by atomic mass is 10.1. The van der Waals surface area contributed by atoms with E-state index in [0.717, 1.165) is 30.9 Å². The van der Waals surface area contributed by atoms with Crippen LogP contribution in [0.1, 0.15) is 29.3 Å². The number of benzene rings is 1. The van der Waals surface area contributed by atoms with Gasteiger partial charge in [0.2, 0.25) is 0 Å². The molecule has 1 aromatic carbocycles.